The number of thiol groups is 1. The highest BCUT2D eigenvalue weighted by Gasteiger charge is 2.30. The fourth-order valence-corrected chi connectivity index (χ4v) is 1.70. The SMILES string of the molecule is CN1C(S)[CH-]C1C(C)(C)C. The van der Waals surface area contributed by atoms with Gasteiger partial charge in [0, 0.05) is 0 Å². The second-order valence-corrected chi connectivity index (χ2v) is 4.61. The fourth-order valence-electron chi connectivity index (χ4n) is 1.40. The summed E-state index contributed by atoms with van der Waals surface area (Å²) in [5.41, 5.74) is 0.369. The monoisotopic (exact) mass is 158 g/mol. The van der Waals surface area contributed by atoms with Crippen LogP contribution in [0.5, 0.6) is 0 Å². The van der Waals surface area contributed by atoms with Crippen molar-refractivity contribution in [2.45, 2.75) is 32.2 Å². The third kappa shape index (κ3) is 1.32. The van der Waals surface area contributed by atoms with E-state index >= 15 is 0 Å². The third-order valence-corrected chi connectivity index (χ3v) is 2.63. The molecule has 1 saturated heterocycles. The third-order valence-electron chi connectivity index (χ3n) is 2.10. The lowest BCUT2D eigenvalue weighted by molar-refractivity contribution is 0.0787. The van der Waals surface area contributed by atoms with Crippen molar-refractivity contribution in [2.24, 2.45) is 5.41 Å². The largest absolute Gasteiger partial charge is 0.349 e. The Hall–Kier alpha value is 0.310. The Morgan fingerprint density at radius 1 is 1.40 bits per heavy atom. The van der Waals surface area contributed by atoms with Crippen LogP contribution in [0.1, 0.15) is 20.8 Å². The van der Waals surface area contributed by atoms with Gasteiger partial charge < -0.3 is 4.90 Å². The lowest BCUT2D eigenvalue weighted by Crippen LogP contribution is -2.57. The molecule has 1 aliphatic rings. The summed E-state index contributed by atoms with van der Waals surface area (Å²) in [6, 6.07) is 0.606. The molecule has 0 aliphatic carbocycles. The number of hydrogen-bond acceptors (Lipinski definition) is 2. The maximum absolute atomic E-state index is 4.34. The van der Waals surface area contributed by atoms with Crippen LogP contribution in [0.3, 0.4) is 0 Å². The van der Waals surface area contributed by atoms with Gasteiger partial charge in [0.15, 0.2) is 0 Å². The normalized spacial score (nSPS) is 35.7. The molecule has 1 nitrogen and oxygen atoms in total. The summed E-state index contributed by atoms with van der Waals surface area (Å²) >= 11 is 4.34. The molecule has 2 atom stereocenters. The summed E-state index contributed by atoms with van der Waals surface area (Å²) in [6.07, 6.45) is 2.28. The Balaban J connectivity index is 2.48. The molecular weight excluding hydrogens is 142 g/mol. The summed E-state index contributed by atoms with van der Waals surface area (Å²) in [6.45, 7) is 6.76. The Morgan fingerprint density at radius 2 is 1.90 bits per heavy atom. The van der Waals surface area contributed by atoms with Crippen molar-refractivity contribution in [1.29, 1.82) is 0 Å². The average Bonchev–Trinajstić information content (AvgIpc) is 1.79. The molecule has 1 aliphatic heterocycles. The first kappa shape index (κ1) is 8.41. The van der Waals surface area contributed by atoms with Gasteiger partial charge in [-0.3, -0.25) is 6.42 Å². The lowest BCUT2D eigenvalue weighted by Gasteiger charge is -2.61. The van der Waals surface area contributed by atoms with Gasteiger partial charge in [0.2, 0.25) is 0 Å². The molecule has 1 fully saturated rings. The van der Waals surface area contributed by atoms with Crippen LogP contribution in [0.25, 0.3) is 0 Å². The molecule has 0 aromatic carbocycles. The minimum Gasteiger partial charge on any atom is -0.349 e. The molecule has 10 heavy (non-hydrogen) atoms. The molecule has 60 valence electrons. The van der Waals surface area contributed by atoms with Gasteiger partial charge in [-0.15, -0.1) is 6.04 Å². The van der Waals surface area contributed by atoms with Crippen LogP contribution in [-0.2, 0) is 0 Å². The van der Waals surface area contributed by atoms with Gasteiger partial charge in [-0.2, -0.15) is 12.6 Å². The molecule has 0 aromatic rings. The minimum atomic E-state index is 0.369. The zero-order chi connectivity index (χ0) is 7.94. The van der Waals surface area contributed by atoms with Gasteiger partial charge in [0.1, 0.15) is 0 Å². The van der Waals surface area contributed by atoms with Crippen molar-refractivity contribution in [3.05, 3.63) is 6.42 Å². The highest BCUT2D eigenvalue weighted by Crippen LogP contribution is 2.37. The highest BCUT2D eigenvalue weighted by atomic mass is 32.1. The topological polar surface area (TPSA) is 3.24 Å². The highest BCUT2D eigenvalue weighted by molar-refractivity contribution is 7.81. The van der Waals surface area contributed by atoms with Crippen LogP contribution in [0.2, 0.25) is 0 Å². The second-order valence-electron chi connectivity index (χ2n) is 4.08. The summed E-state index contributed by atoms with van der Waals surface area (Å²) in [7, 11) is 2.12. The molecule has 1 heterocycles. The van der Waals surface area contributed by atoms with Crippen molar-refractivity contribution >= 4 is 12.6 Å². The molecular formula is C8H16NS-. The fraction of sp³-hybridized carbons (Fsp3) is 0.875. The van der Waals surface area contributed by atoms with Crippen molar-refractivity contribution in [3.63, 3.8) is 0 Å². The number of hydrogen-bond donors (Lipinski definition) is 1. The van der Waals surface area contributed by atoms with Crippen LogP contribution < -0.4 is 0 Å². The van der Waals surface area contributed by atoms with Gasteiger partial charge in [-0.1, -0.05) is 31.6 Å². The molecule has 2 heteroatoms. The van der Waals surface area contributed by atoms with Crippen molar-refractivity contribution in [2.75, 3.05) is 7.05 Å². The van der Waals surface area contributed by atoms with Crippen molar-refractivity contribution in [1.82, 2.24) is 4.90 Å². The standard InChI is InChI=1S/C8H16NS/c1-8(2,3)6-5-7(10)9(6)4/h5-7,10H,1-4H3/q-1. The first-order valence-corrected chi connectivity index (χ1v) is 4.19. The predicted molar refractivity (Wildman–Crippen MR) is 48.1 cm³/mol. The molecule has 2 unspecified atom stereocenters. The molecule has 0 spiro atoms. The first-order chi connectivity index (χ1) is 4.43. The molecule has 1 rings (SSSR count). The van der Waals surface area contributed by atoms with E-state index in [9.17, 15) is 0 Å². The van der Waals surface area contributed by atoms with E-state index in [2.05, 4.69) is 51.8 Å². The zero-order valence-corrected chi connectivity index (χ0v) is 8.02. The van der Waals surface area contributed by atoms with E-state index in [-0.39, 0.29) is 0 Å². The Labute approximate surface area is 69.2 Å². The Kier molecular flexibility index (Phi) is 2.03. The van der Waals surface area contributed by atoms with E-state index in [1.165, 1.54) is 0 Å². The number of rotatable bonds is 0. The Morgan fingerprint density at radius 3 is 2.00 bits per heavy atom. The van der Waals surface area contributed by atoms with Crippen LogP contribution in [0.15, 0.2) is 0 Å². The van der Waals surface area contributed by atoms with E-state index in [1.807, 2.05) is 0 Å². The molecule has 0 aromatic heterocycles. The zero-order valence-electron chi connectivity index (χ0n) is 7.13. The molecule has 0 saturated carbocycles. The number of likely N-dealkylation sites (tertiary alicyclic amines) is 1. The molecule has 0 N–H and O–H groups in total. The maximum atomic E-state index is 4.34. The second kappa shape index (κ2) is 2.42. The van der Waals surface area contributed by atoms with Crippen molar-refractivity contribution < 1.29 is 0 Å². The van der Waals surface area contributed by atoms with Crippen LogP contribution in [0.4, 0.5) is 0 Å². The first-order valence-electron chi connectivity index (χ1n) is 3.68. The quantitative estimate of drug-likeness (QED) is 0.415. The number of nitrogens with zero attached hydrogens (tertiary/aromatic N) is 1. The molecule has 0 radical (unpaired) electrons. The van der Waals surface area contributed by atoms with E-state index in [0.717, 1.165) is 0 Å². The van der Waals surface area contributed by atoms with Gasteiger partial charge >= 0.3 is 0 Å². The van der Waals surface area contributed by atoms with Gasteiger partial charge in [0.25, 0.3) is 0 Å². The predicted octanol–water partition coefficient (Wildman–Crippen LogP) is 1.81. The van der Waals surface area contributed by atoms with Gasteiger partial charge in [-0.25, -0.2) is 0 Å². The lowest BCUT2D eigenvalue weighted by atomic mass is 9.79. The smallest absolute Gasteiger partial charge is 0.0176 e. The van der Waals surface area contributed by atoms with Crippen LogP contribution >= 0.6 is 12.6 Å². The minimum absolute atomic E-state index is 0.369. The van der Waals surface area contributed by atoms with Crippen molar-refractivity contribution in [3.8, 4) is 0 Å². The van der Waals surface area contributed by atoms with E-state index in [4.69, 9.17) is 0 Å². The Bertz CT molecular complexity index is 128. The molecule has 0 amide bonds. The average molecular weight is 158 g/mol. The van der Waals surface area contributed by atoms with E-state index < -0.39 is 0 Å². The summed E-state index contributed by atoms with van der Waals surface area (Å²) < 4.78 is 0. The summed E-state index contributed by atoms with van der Waals surface area (Å²) in [5, 5.41) is 0.379. The van der Waals surface area contributed by atoms with Crippen LogP contribution in [0, 0.1) is 11.8 Å². The summed E-state index contributed by atoms with van der Waals surface area (Å²) in [4.78, 5) is 2.28. The van der Waals surface area contributed by atoms with E-state index in [0.29, 0.717) is 16.8 Å². The van der Waals surface area contributed by atoms with Gasteiger partial charge in [-0.05, 0) is 7.05 Å². The summed E-state index contributed by atoms with van der Waals surface area (Å²) in [5.74, 6) is 0. The molecule has 0 bridgehead atoms. The maximum Gasteiger partial charge on any atom is -0.0176 e. The van der Waals surface area contributed by atoms with Gasteiger partial charge in [0.05, 0.1) is 0 Å². The van der Waals surface area contributed by atoms with Crippen LogP contribution in [-0.4, -0.2) is 23.4 Å². The van der Waals surface area contributed by atoms with E-state index in [1.54, 1.807) is 0 Å².